The summed E-state index contributed by atoms with van der Waals surface area (Å²) in [6.07, 6.45) is 2.31. The summed E-state index contributed by atoms with van der Waals surface area (Å²) < 4.78 is 27.4. The number of aryl methyl sites for hydroxylation is 2. The molecule has 1 fully saturated rings. The third-order valence-electron chi connectivity index (χ3n) is 3.38. The number of rotatable bonds is 3. The topological polar surface area (TPSA) is 81.2 Å². The Morgan fingerprint density at radius 2 is 2.12 bits per heavy atom. The Labute approximate surface area is 101 Å². The molecular formula is C10H18N4O2S. The second-order valence-electron chi connectivity index (χ2n) is 4.73. The zero-order valence-corrected chi connectivity index (χ0v) is 11.2. The summed E-state index contributed by atoms with van der Waals surface area (Å²) in [6, 6.07) is 0. The lowest BCUT2D eigenvalue weighted by molar-refractivity contribution is 0.153. The molecular weight excluding hydrogens is 240 g/mol. The zero-order valence-electron chi connectivity index (χ0n) is 10.3. The highest BCUT2D eigenvalue weighted by Crippen LogP contribution is 2.27. The molecule has 17 heavy (non-hydrogen) atoms. The smallest absolute Gasteiger partial charge is 0.262 e. The molecule has 1 aromatic rings. The van der Waals surface area contributed by atoms with E-state index in [4.69, 9.17) is 5.73 Å². The third kappa shape index (κ3) is 1.98. The maximum absolute atomic E-state index is 12.2. The number of nitrogens with zero attached hydrogens (tertiary/aromatic N) is 3. The van der Waals surface area contributed by atoms with Gasteiger partial charge in [-0.05, 0) is 13.3 Å². The lowest BCUT2D eigenvalue weighted by atomic mass is 9.91. The Morgan fingerprint density at radius 1 is 1.53 bits per heavy atom. The fourth-order valence-corrected chi connectivity index (χ4v) is 3.49. The molecule has 0 radical (unpaired) electrons. The van der Waals surface area contributed by atoms with Crippen LogP contribution in [0.1, 0.15) is 19.2 Å². The van der Waals surface area contributed by atoms with Crippen molar-refractivity contribution in [3.8, 4) is 0 Å². The first kappa shape index (κ1) is 12.5. The van der Waals surface area contributed by atoms with Crippen molar-refractivity contribution in [3.05, 3.63) is 12.0 Å². The molecule has 2 rings (SSSR count). The van der Waals surface area contributed by atoms with Crippen LogP contribution in [0.25, 0.3) is 0 Å². The Morgan fingerprint density at radius 3 is 2.53 bits per heavy atom. The molecule has 1 aliphatic heterocycles. The number of aromatic nitrogens is 2. The van der Waals surface area contributed by atoms with E-state index in [0.717, 1.165) is 6.42 Å². The molecule has 0 saturated carbocycles. The standard InChI is InChI=1S/C10H18N4O2S/c1-4-10(11)6-14(7-10)17(15,16)9-5-13(3)8(2)12-9/h5H,4,6-7,11H2,1-3H3. The molecule has 6 nitrogen and oxygen atoms in total. The number of sulfonamides is 1. The van der Waals surface area contributed by atoms with Gasteiger partial charge in [0.1, 0.15) is 5.82 Å². The molecule has 0 aromatic carbocycles. The van der Waals surface area contributed by atoms with Gasteiger partial charge in [-0.3, -0.25) is 0 Å². The van der Waals surface area contributed by atoms with Crippen molar-refractivity contribution in [2.75, 3.05) is 13.1 Å². The molecule has 1 aromatic heterocycles. The van der Waals surface area contributed by atoms with Crippen LogP contribution in [0.15, 0.2) is 11.2 Å². The van der Waals surface area contributed by atoms with E-state index in [1.54, 1.807) is 18.5 Å². The summed E-state index contributed by atoms with van der Waals surface area (Å²) in [5.74, 6) is 0.679. The SMILES string of the molecule is CCC1(N)CN(S(=O)(=O)c2cn(C)c(C)n2)C1. The van der Waals surface area contributed by atoms with Gasteiger partial charge in [-0.15, -0.1) is 0 Å². The van der Waals surface area contributed by atoms with Crippen molar-refractivity contribution in [3.63, 3.8) is 0 Å². The lowest BCUT2D eigenvalue weighted by Gasteiger charge is -2.45. The van der Waals surface area contributed by atoms with Crippen molar-refractivity contribution in [2.24, 2.45) is 12.8 Å². The van der Waals surface area contributed by atoms with Crippen molar-refractivity contribution >= 4 is 10.0 Å². The van der Waals surface area contributed by atoms with Crippen LogP contribution < -0.4 is 5.73 Å². The minimum atomic E-state index is -3.46. The maximum Gasteiger partial charge on any atom is 0.262 e. The molecule has 7 heteroatoms. The van der Waals surface area contributed by atoms with Crippen LogP contribution in [0.5, 0.6) is 0 Å². The van der Waals surface area contributed by atoms with E-state index in [-0.39, 0.29) is 10.6 Å². The molecule has 0 aliphatic carbocycles. The maximum atomic E-state index is 12.2. The number of imidazole rings is 1. The number of nitrogens with two attached hydrogens (primary N) is 1. The molecule has 2 heterocycles. The average Bonchev–Trinajstić information content (AvgIpc) is 2.55. The summed E-state index contributed by atoms with van der Waals surface area (Å²) in [6.45, 7) is 4.49. The summed E-state index contributed by atoms with van der Waals surface area (Å²) in [5.41, 5.74) is 5.61. The van der Waals surface area contributed by atoms with Crippen molar-refractivity contribution in [1.29, 1.82) is 0 Å². The molecule has 96 valence electrons. The van der Waals surface area contributed by atoms with Crippen molar-refractivity contribution in [1.82, 2.24) is 13.9 Å². The highest BCUT2D eigenvalue weighted by molar-refractivity contribution is 7.89. The van der Waals surface area contributed by atoms with Crippen LogP contribution >= 0.6 is 0 Å². The van der Waals surface area contributed by atoms with E-state index in [9.17, 15) is 8.42 Å². The Bertz CT molecular complexity index is 509. The van der Waals surface area contributed by atoms with Gasteiger partial charge in [-0.25, -0.2) is 13.4 Å². The number of hydrogen-bond acceptors (Lipinski definition) is 4. The van der Waals surface area contributed by atoms with E-state index in [2.05, 4.69) is 4.98 Å². The molecule has 1 aliphatic rings. The van der Waals surface area contributed by atoms with Crippen molar-refractivity contribution in [2.45, 2.75) is 30.8 Å². The normalized spacial score (nSPS) is 20.2. The average molecular weight is 258 g/mol. The first-order valence-corrected chi connectivity index (χ1v) is 7.01. The molecule has 0 unspecified atom stereocenters. The minimum absolute atomic E-state index is 0.107. The van der Waals surface area contributed by atoms with Gasteiger partial charge < -0.3 is 10.3 Å². The van der Waals surface area contributed by atoms with E-state index in [0.29, 0.717) is 18.9 Å². The van der Waals surface area contributed by atoms with Crippen molar-refractivity contribution < 1.29 is 8.42 Å². The van der Waals surface area contributed by atoms with Gasteiger partial charge in [0.25, 0.3) is 10.0 Å². The molecule has 2 N–H and O–H groups in total. The Hall–Kier alpha value is -0.920. The van der Waals surface area contributed by atoms with Gasteiger partial charge in [-0.2, -0.15) is 4.31 Å². The van der Waals surface area contributed by atoms with Gasteiger partial charge in [-0.1, -0.05) is 6.92 Å². The highest BCUT2D eigenvalue weighted by Gasteiger charge is 2.45. The third-order valence-corrected chi connectivity index (χ3v) is 5.04. The van der Waals surface area contributed by atoms with Crippen LogP contribution in [0.2, 0.25) is 0 Å². The highest BCUT2D eigenvalue weighted by atomic mass is 32.2. The fraction of sp³-hybridized carbons (Fsp3) is 0.700. The van der Waals surface area contributed by atoms with E-state index in [1.165, 1.54) is 10.5 Å². The summed E-state index contributed by atoms with van der Waals surface area (Å²) in [4.78, 5) is 4.05. The van der Waals surface area contributed by atoms with Crippen LogP contribution in [0.3, 0.4) is 0 Å². The molecule has 0 atom stereocenters. The molecule has 0 bridgehead atoms. The van der Waals surface area contributed by atoms with E-state index >= 15 is 0 Å². The molecule has 0 amide bonds. The van der Waals surface area contributed by atoms with Gasteiger partial charge in [0.05, 0.1) is 0 Å². The molecule has 0 spiro atoms. The monoisotopic (exact) mass is 258 g/mol. The predicted octanol–water partition coefficient (Wildman–Crippen LogP) is -0.160. The Kier molecular flexibility index (Phi) is 2.80. The fourth-order valence-electron chi connectivity index (χ4n) is 1.83. The van der Waals surface area contributed by atoms with E-state index in [1.807, 2.05) is 6.92 Å². The zero-order chi connectivity index (χ0) is 12.8. The van der Waals surface area contributed by atoms with E-state index < -0.39 is 10.0 Å². The lowest BCUT2D eigenvalue weighted by Crippen LogP contribution is -2.68. The minimum Gasteiger partial charge on any atom is -0.337 e. The van der Waals surface area contributed by atoms with Gasteiger partial charge in [0.2, 0.25) is 0 Å². The predicted molar refractivity (Wildman–Crippen MR) is 63.9 cm³/mol. The van der Waals surface area contributed by atoms with Gasteiger partial charge in [0, 0.05) is 31.9 Å². The van der Waals surface area contributed by atoms with Crippen LogP contribution in [0.4, 0.5) is 0 Å². The van der Waals surface area contributed by atoms with Crippen LogP contribution in [-0.4, -0.2) is 40.9 Å². The Balaban J connectivity index is 2.22. The summed E-state index contributed by atoms with van der Waals surface area (Å²) >= 11 is 0. The van der Waals surface area contributed by atoms with Crippen LogP contribution in [-0.2, 0) is 17.1 Å². The van der Waals surface area contributed by atoms with Gasteiger partial charge in [0.15, 0.2) is 5.03 Å². The second-order valence-corrected chi connectivity index (χ2v) is 6.61. The summed E-state index contributed by atoms with van der Waals surface area (Å²) in [7, 11) is -1.69. The van der Waals surface area contributed by atoms with Gasteiger partial charge >= 0.3 is 0 Å². The quantitative estimate of drug-likeness (QED) is 0.817. The largest absolute Gasteiger partial charge is 0.337 e. The molecule has 1 saturated heterocycles. The number of hydrogen-bond donors (Lipinski definition) is 1. The summed E-state index contributed by atoms with van der Waals surface area (Å²) in [5, 5.41) is 0.107. The first-order chi connectivity index (χ1) is 7.78. The van der Waals surface area contributed by atoms with Crippen LogP contribution in [0, 0.1) is 6.92 Å². The first-order valence-electron chi connectivity index (χ1n) is 5.57. The second kappa shape index (κ2) is 3.79.